The average molecular weight is 370 g/mol. The number of rotatable bonds is 7. The van der Waals surface area contributed by atoms with E-state index >= 15 is 0 Å². The van der Waals surface area contributed by atoms with E-state index < -0.39 is 6.10 Å². The van der Waals surface area contributed by atoms with E-state index in [2.05, 4.69) is 56.4 Å². The second-order valence-corrected chi connectivity index (χ2v) is 8.32. The molecule has 3 rings (SSSR count). The molecule has 0 radical (unpaired) electrons. The molecule has 0 aliphatic carbocycles. The Bertz CT molecular complexity index is 724. The van der Waals surface area contributed by atoms with Crippen molar-refractivity contribution < 1.29 is 14.6 Å². The molecule has 2 aromatic carbocycles. The van der Waals surface area contributed by atoms with Crippen molar-refractivity contribution in [1.29, 1.82) is 0 Å². The van der Waals surface area contributed by atoms with Gasteiger partial charge in [0, 0.05) is 17.5 Å². The van der Waals surface area contributed by atoms with Gasteiger partial charge >= 0.3 is 0 Å². The maximum atomic E-state index is 10.1. The van der Waals surface area contributed by atoms with Crippen LogP contribution < -0.4 is 14.8 Å². The molecule has 1 heterocycles. The first-order valence-corrected chi connectivity index (χ1v) is 9.77. The van der Waals surface area contributed by atoms with Crippen molar-refractivity contribution in [2.75, 3.05) is 19.8 Å². The summed E-state index contributed by atoms with van der Waals surface area (Å²) in [6.07, 6.45) is 1.15. The zero-order valence-corrected chi connectivity index (χ0v) is 16.6. The van der Waals surface area contributed by atoms with Crippen molar-refractivity contribution in [2.45, 2.75) is 51.2 Å². The Hall–Kier alpha value is -2.04. The van der Waals surface area contributed by atoms with E-state index in [1.165, 1.54) is 11.1 Å². The maximum absolute atomic E-state index is 10.1. The van der Waals surface area contributed by atoms with Gasteiger partial charge in [-0.05, 0) is 57.4 Å². The van der Waals surface area contributed by atoms with Crippen LogP contribution in [-0.2, 0) is 6.42 Å². The summed E-state index contributed by atoms with van der Waals surface area (Å²) in [4.78, 5) is 0. The highest BCUT2D eigenvalue weighted by atomic mass is 16.5. The predicted molar refractivity (Wildman–Crippen MR) is 109 cm³/mol. The summed E-state index contributed by atoms with van der Waals surface area (Å²) >= 11 is 0. The minimum atomic E-state index is -0.487. The molecule has 0 aromatic heterocycles. The lowest BCUT2D eigenvalue weighted by Gasteiger charge is -2.26. The van der Waals surface area contributed by atoms with E-state index in [4.69, 9.17) is 9.47 Å². The highest BCUT2D eigenvalue weighted by Gasteiger charge is 2.22. The van der Waals surface area contributed by atoms with E-state index in [1.807, 2.05) is 18.2 Å². The summed E-state index contributed by atoms with van der Waals surface area (Å²) < 4.78 is 11.8. The fourth-order valence-electron chi connectivity index (χ4n) is 3.27. The molecule has 1 aliphatic heterocycles. The Labute approximate surface area is 162 Å². The smallest absolute Gasteiger partial charge is 0.126 e. The van der Waals surface area contributed by atoms with Gasteiger partial charge in [0.25, 0.3) is 0 Å². The highest BCUT2D eigenvalue weighted by molar-refractivity contribution is 5.43. The molecule has 4 nitrogen and oxygen atoms in total. The molecule has 146 valence electrons. The zero-order valence-electron chi connectivity index (χ0n) is 16.6. The number of benzene rings is 2. The lowest BCUT2D eigenvalue weighted by Crippen LogP contribution is -2.38. The minimum Gasteiger partial charge on any atom is -0.493 e. The first-order chi connectivity index (χ1) is 12.9. The molecular weight excluding hydrogens is 338 g/mol. The van der Waals surface area contributed by atoms with Crippen LogP contribution in [0.3, 0.4) is 0 Å². The summed E-state index contributed by atoms with van der Waals surface area (Å²) in [5, 5.41) is 13.5. The molecule has 4 heteroatoms. The second-order valence-electron chi connectivity index (χ2n) is 8.32. The summed E-state index contributed by atoms with van der Waals surface area (Å²) in [6, 6.07) is 16.5. The number of hydrogen-bond acceptors (Lipinski definition) is 4. The highest BCUT2D eigenvalue weighted by Crippen LogP contribution is 2.34. The van der Waals surface area contributed by atoms with Crippen LogP contribution in [0.25, 0.3) is 0 Å². The Balaban J connectivity index is 1.50. The summed E-state index contributed by atoms with van der Waals surface area (Å²) in [7, 11) is 0. The third-order valence-electron chi connectivity index (χ3n) is 4.79. The van der Waals surface area contributed by atoms with Gasteiger partial charge < -0.3 is 19.9 Å². The number of aliphatic hydroxyl groups excluding tert-OH is 1. The predicted octanol–water partition coefficient (Wildman–Crippen LogP) is 3.92. The van der Waals surface area contributed by atoms with Crippen LogP contribution in [0.1, 0.15) is 44.2 Å². The van der Waals surface area contributed by atoms with Crippen LogP contribution in [-0.4, -0.2) is 36.5 Å². The monoisotopic (exact) mass is 369 g/mol. The van der Waals surface area contributed by atoms with Crippen molar-refractivity contribution in [3.8, 4) is 11.5 Å². The molecule has 2 unspecified atom stereocenters. The first kappa shape index (κ1) is 19.7. The number of hydrogen-bond donors (Lipinski definition) is 2. The fourth-order valence-corrected chi connectivity index (χ4v) is 3.27. The van der Waals surface area contributed by atoms with E-state index in [0.29, 0.717) is 18.9 Å². The van der Waals surface area contributed by atoms with Crippen LogP contribution >= 0.6 is 0 Å². The van der Waals surface area contributed by atoms with Gasteiger partial charge in [-0.2, -0.15) is 0 Å². The SMILES string of the molecule is CC(C)(C)NCCC(O)COc1ccc2c(c1)OCC(c1ccccc1)C2. The van der Waals surface area contributed by atoms with Gasteiger partial charge in [-0.3, -0.25) is 0 Å². The number of ether oxygens (including phenoxy) is 2. The number of fused-ring (bicyclic) bond motifs is 1. The van der Waals surface area contributed by atoms with Crippen LogP contribution in [0.15, 0.2) is 48.5 Å². The summed E-state index contributed by atoms with van der Waals surface area (Å²) in [5.41, 5.74) is 2.58. The molecule has 0 amide bonds. The standard InChI is InChI=1S/C23H31NO3/c1-23(2,3)24-12-11-20(25)16-26-21-10-9-18-13-19(15-27-22(18)14-21)17-7-5-4-6-8-17/h4-10,14,19-20,24-25H,11-13,15-16H2,1-3H3. The first-order valence-electron chi connectivity index (χ1n) is 9.77. The largest absolute Gasteiger partial charge is 0.493 e. The van der Waals surface area contributed by atoms with Crippen molar-refractivity contribution in [3.63, 3.8) is 0 Å². The lowest BCUT2D eigenvalue weighted by molar-refractivity contribution is 0.0980. The molecule has 2 atom stereocenters. The van der Waals surface area contributed by atoms with Crippen LogP contribution in [0.5, 0.6) is 11.5 Å². The molecular formula is C23H31NO3. The molecule has 0 saturated carbocycles. The lowest BCUT2D eigenvalue weighted by atomic mass is 9.90. The third kappa shape index (κ3) is 5.98. The van der Waals surface area contributed by atoms with E-state index in [1.54, 1.807) is 0 Å². The van der Waals surface area contributed by atoms with Gasteiger partial charge in [-0.25, -0.2) is 0 Å². The van der Waals surface area contributed by atoms with Crippen LogP contribution in [0.2, 0.25) is 0 Å². The second kappa shape index (κ2) is 8.77. The number of aliphatic hydroxyl groups is 1. The Morgan fingerprint density at radius 3 is 2.70 bits per heavy atom. The van der Waals surface area contributed by atoms with E-state index in [-0.39, 0.29) is 12.1 Å². The maximum Gasteiger partial charge on any atom is 0.126 e. The number of nitrogens with one attached hydrogen (secondary N) is 1. The Kier molecular flexibility index (Phi) is 6.40. The summed E-state index contributed by atoms with van der Waals surface area (Å²) in [5.74, 6) is 2.03. The molecule has 0 spiro atoms. The van der Waals surface area contributed by atoms with E-state index in [0.717, 1.165) is 24.5 Å². The average Bonchev–Trinajstić information content (AvgIpc) is 2.65. The normalized spacial score (nSPS) is 17.7. The topological polar surface area (TPSA) is 50.7 Å². The van der Waals surface area contributed by atoms with Gasteiger partial charge in [0.1, 0.15) is 18.1 Å². The van der Waals surface area contributed by atoms with Crippen LogP contribution in [0, 0.1) is 0 Å². The fraction of sp³-hybridized carbons (Fsp3) is 0.478. The molecule has 27 heavy (non-hydrogen) atoms. The molecule has 2 N–H and O–H groups in total. The van der Waals surface area contributed by atoms with Crippen molar-refractivity contribution in [2.24, 2.45) is 0 Å². The van der Waals surface area contributed by atoms with Crippen molar-refractivity contribution in [3.05, 3.63) is 59.7 Å². The quantitative estimate of drug-likeness (QED) is 0.777. The van der Waals surface area contributed by atoms with Crippen molar-refractivity contribution >= 4 is 0 Å². The molecule has 0 fully saturated rings. The van der Waals surface area contributed by atoms with Crippen LogP contribution in [0.4, 0.5) is 0 Å². The van der Waals surface area contributed by atoms with Gasteiger partial charge in [0.2, 0.25) is 0 Å². The third-order valence-corrected chi connectivity index (χ3v) is 4.79. The minimum absolute atomic E-state index is 0.0635. The van der Waals surface area contributed by atoms with Gasteiger partial charge in [0.15, 0.2) is 0 Å². The Morgan fingerprint density at radius 2 is 1.96 bits per heavy atom. The van der Waals surface area contributed by atoms with Gasteiger partial charge in [-0.15, -0.1) is 0 Å². The molecule has 2 aromatic rings. The van der Waals surface area contributed by atoms with E-state index in [9.17, 15) is 5.11 Å². The molecule has 1 aliphatic rings. The molecule has 0 bridgehead atoms. The zero-order chi connectivity index (χ0) is 19.3. The van der Waals surface area contributed by atoms with Gasteiger partial charge in [-0.1, -0.05) is 36.4 Å². The van der Waals surface area contributed by atoms with Crippen molar-refractivity contribution in [1.82, 2.24) is 5.32 Å². The Morgan fingerprint density at radius 1 is 1.19 bits per heavy atom. The van der Waals surface area contributed by atoms with Gasteiger partial charge in [0.05, 0.1) is 12.7 Å². The molecule has 0 saturated heterocycles. The summed E-state index contributed by atoms with van der Waals surface area (Å²) in [6.45, 7) is 8.09.